The lowest BCUT2D eigenvalue weighted by molar-refractivity contribution is 0.0128. The van der Waals surface area contributed by atoms with Crippen molar-refractivity contribution in [2.75, 3.05) is 30.9 Å². The SMILES string of the molecule is CNc1nc(NC2COCCC2Oc2ccccn2)ncc1F. The molecule has 122 valence electrons. The predicted molar refractivity (Wildman–Crippen MR) is 83.0 cm³/mol. The maximum atomic E-state index is 13.4. The molecule has 2 N–H and O–H groups in total. The summed E-state index contributed by atoms with van der Waals surface area (Å²) in [7, 11) is 1.60. The van der Waals surface area contributed by atoms with Crippen LogP contribution in [0.25, 0.3) is 0 Å². The topological polar surface area (TPSA) is 81.2 Å². The number of ether oxygens (including phenoxy) is 2. The quantitative estimate of drug-likeness (QED) is 0.868. The first-order valence-electron chi connectivity index (χ1n) is 7.38. The van der Waals surface area contributed by atoms with Gasteiger partial charge in [0, 0.05) is 25.7 Å². The highest BCUT2D eigenvalue weighted by Crippen LogP contribution is 2.19. The van der Waals surface area contributed by atoms with E-state index in [1.165, 1.54) is 0 Å². The number of hydrogen-bond donors (Lipinski definition) is 2. The molecule has 1 aliphatic rings. The molecule has 0 aliphatic carbocycles. The average Bonchev–Trinajstić information content (AvgIpc) is 2.59. The van der Waals surface area contributed by atoms with Crippen LogP contribution < -0.4 is 15.4 Å². The van der Waals surface area contributed by atoms with Crippen molar-refractivity contribution in [2.45, 2.75) is 18.6 Å². The van der Waals surface area contributed by atoms with Gasteiger partial charge >= 0.3 is 0 Å². The van der Waals surface area contributed by atoms with Crippen molar-refractivity contribution in [1.29, 1.82) is 0 Å². The Hall–Kier alpha value is -2.48. The molecule has 2 aromatic heterocycles. The third-order valence-corrected chi connectivity index (χ3v) is 3.50. The van der Waals surface area contributed by atoms with E-state index in [1.807, 2.05) is 12.1 Å². The summed E-state index contributed by atoms with van der Waals surface area (Å²) in [5.41, 5.74) is 0. The van der Waals surface area contributed by atoms with E-state index in [-0.39, 0.29) is 18.0 Å². The molecular weight excluding hydrogens is 301 g/mol. The molecule has 2 unspecified atom stereocenters. The standard InChI is InChI=1S/C15H18FN5O2/c1-17-14-10(16)8-19-15(21-14)20-11-9-22-7-5-12(11)23-13-4-2-3-6-18-13/h2-4,6,8,11-12H,5,7,9H2,1H3,(H2,17,19,20,21). The maximum Gasteiger partial charge on any atom is 0.225 e. The maximum absolute atomic E-state index is 13.4. The monoisotopic (exact) mass is 319 g/mol. The lowest BCUT2D eigenvalue weighted by Crippen LogP contribution is -2.46. The molecule has 0 aromatic carbocycles. The van der Waals surface area contributed by atoms with Gasteiger partial charge in [0.15, 0.2) is 11.6 Å². The van der Waals surface area contributed by atoms with Gasteiger partial charge in [0.05, 0.1) is 25.5 Å². The number of pyridine rings is 1. The number of rotatable bonds is 5. The third kappa shape index (κ3) is 3.84. The molecule has 0 amide bonds. The van der Waals surface area contributed by atoms with E-state index in [1.54, 1.807) is 19.3 Å². The summed E-state index contributed by atoms with van der Waals surface area (Å²) < 4.78 is 24.9. The molecule has 0 saturated carbocycles. The molecule has 0 radical (unpaired) electrons. The van der Waals surface area contributed by atoms with Gasteiger partial charge in [-0.05, 0) is 6.07 Å². The van der Waals surface area contributed by atoms with E-state index < -0.39 is 5.82 Å². The average molecular weight is 319 g/mol. The Morgan fingerprint density at radius 3 is 3.04 bits per heavy atom. The van der Waals surface area contributed by atoms with Crippen molar-refractivity contribution in [3.8, 4) is 5.88 Å². The highest BCUT2D eigenvalue weighted by molar-refractivity contribution is 5.41. The van der Waals surface area contributed by atoms with Crippen LogP contribution in [0, 0.1) is 5.82 Å². The number of hydrogen-bond acceptors (Lipinski definition) is 7. The van der Waals surface area contributed by atoms with Crippen molar-refractivity contribution in [2.24, 2.45) is 0 Å². The van der Waals surface area contributed by atoms with Crippen LogP contribution in [0.4, 0.5) is 16.2 Å². The summed E-state index contributed by atoms with van der Waals surface area (Å²) in [4.78, 5) is 12.2. The van der Waals surface area contributed by atoms with Crippen LogP contribution in [0.3, 0.4) is 0 Å². The summed E-state index contributed by atoms with van der Waals surface area (Å²) in [6, 6.07) is 5.35. The van der Waals surface area contributed by atoms with E-state index in [0.717, 1.165) is 6.20 Å². The Morgan fingerprint density at radius 1 is 1.35 bits per heavy atom. The molecule has 8 heteroatoms. The van der Waals surface area contributed by atoms with Crippen LogP contribution in [-0.4, -0.2) is 47.4 Å². The summed E-state index contributed by atoms with van der Waals surface area (Å²) in [5, 5.41) is 5.83. The molecule has 7 nitrogen and oxygen atoms in total. The Bertz CT molecular complexity index is 643. The minimum atomic E-state index is -0.501. The summed E-state index contributed by atoms with van der Waals surface area (Å²) >= 11 is 0. The molecule has 0 spiro atoms. The lowest BCUT2D eigenvalue weighted by Gasteiger charge is -2.32. The van der Waals surface area contributed by atoms with Crippen LogP contribution in [0.15, 0.2) is 30.6 Å². The Kier molecular flexibility index (Phi) is 4.82. The summed E-state index contributed by atoms with van der Waals surface area (Å²) in [5.74, 6) is 0.517. The molecule has 3 rings (SSSR count). The van der Waals surface area contributed by atoms with E-state index in [9.17, 15) is 4.39 Å². The van der Waals surface area contributed by atoms with Crippen molar-refractivity contribution in [3.63, 3.8) is 0 Å². The zero-order valence-electron chi connectivity index (χ0n) is 12.7. The van der Waals surface area contributed by atoms with Gasteiger partial charge in [-0.2, -0.15) is 4.98 Å². The minimum Gasteiger partial charge on any atom is -0.472 e. The third-order valence-electron chi connectivity index (χ3n) is 3.50. The molecular formula is C15H18FN5O2. The fourth-order valence-corrected chi connectivity index (χ4v) is 2.34. The first-order valence-corrected chi connectivity index (χ1v) is 7.38. The molecule has 3 heterocycles. The number of nitrogens with one attached hydrogen (secondary N) is 2. The molecule has 1 saturated heterocycles. The van der Waals surface area contributed by atoms with Gasteiger partial charge in [-0.15, -0.1) is 0 Å². The fraction of sp³-hybridized carbons (Fsp3) is 0.400. The highest BCUT2D eigenvalue weighted by atomic mass is 19.1. The van der Waals surface area contributed by atoms with Gasteiger partial charge in [-0.25, -0.2) is 14.4 Å². The fourth-order valence-electron chi connectivity index (χ4n) is 2.34. The largest absolute Gasteiger partial charge is 0.472 e. The molecule has 2 aromatic rings. The van der Waals surface area contributed by atoms with Crippen molar-refractivity contribution < 1.29 is 13.9 Å². The molecule has 1 aliphatic heterocycles. The van der Waals surface area contributed by atoms with E-state index >= 15 is 0 Å². The Morgan fingerprint density at radius 2 is 2.26 bits per heavy atom. The van der Waals surface area contributed by atoms with Gasteiger partial charge in [0.1, 0.15) is 6.10 Å². The van der Waals surface area contributed by atoms with Gasteiger partial charge < -0.3 is 20.1 Å². The normalized spacial score (nSPS) is 20.8. The molecule has 23 heavy (non-hydrogen) atoms. The lowest BCUT2D eigenvalue weighted by atomic mass is 10.1. The first kappa shape index (κ1) is 15.4. The highest BCUT2D eigenvalue weighted by Gasteiger charge is 2.28. The van der Waals surface area contributed by atoms with E-state index in [4.69, 9.17) is 9.47 Å². The van der Waals surface area contributed by atoms with Crippen LogP contribution in [0.1, 0.15) is 6.42 Å². The van der Waals surface area contributed by atoms with Crippen LogP contribution in [0.2, 0.25) is 0 Å². The smallest absolute Gasteiger partial charge is 0.225 e. The second kappa shape index (κ2) is 7.19. The van der Waals surface area contributed by atoms with Gasteiger partial charge in [0.2, 0.25) is 11.8 Å². The molecule has 2 atom stereocenters. The van der Waals surface area contributed by atoms with Crippen LogP contribution >= 0.6 is 0 Å². The van der Waals surface area contributed by atoms with E-state index in [2.05, 4.69) is 25.6 Å². The second-order valence-corrected chi connectivity index (χ2v) is 5.08. The van der Waals surface area contributed by atoms with Crippen molar-refractivity contribution in [3.05, 3.63) is 36.4 Å². The first-order chi connectivity index (χ1) is 11.3. The van der Waals surface area contributed by atoms with Gasteiger partial charge in [-0.1, -0.05) is 6.07 Å². The van der Waals surface area contributed by atoms with Crippen LogP contribution in [0.5, 0.6) is 5.88 Å². The summed E-state index contributed by atoms with van der Waals surface area (Å²) in [6.07, 6.45) is 3.39. The Labute approximate surface area is 133 Å². The number of halogens is 1. The summed E-state index contributed by atoms with van der Waals surface area (Å²) in [6.45, 7) is 1.06. The van der Waals surface area contributed by atoms with Gasteiger partial charge in [-0.3, -0.25) is 0 Å². The second-order valence-electron chi connectivity index (χ2n) is 5.08. The van der Waals surface area contributed by atoms with Crippen molar-refractivity contribution >= 4 is 11.8 Å². The minimum absolute atomic E-state index is 0.134. The van der Waals surface area contributed by atoms with Crippen LogP contribution in [-0.2, 0) is 4.74 Å². The predicted octanol–water partition coefficient (Wildman–Crippen LogP) is 1.70. The molecule has 0 bridgehead atoms. The Balaban J connectivity index is 1.71. The van der Waals surface area contributed by atoms with E-state index in [0.29, 0.717) is 31.5 Å². The number of nitrogens with zero attached hydrogens (tertiary/aromatic N) is 3. The van der Waals surface area contributed by atoms with Gasteiger partial charge in [0.25, 0.3) is 0 Å². The number of anilines is 2. The zero-order valence-corrected chi connectivity index (χ0v) is 12.7. The molecule has 1 fully saturated rings. The van der Waals surface area contributed by atoms with Crippen molar-refractivity contribution in [1.82, 2.24) is 15.0 Å². The zero-order chi connectivity index (χ0) is 16.1. The number of aromatic nitrogens is 3.